The van der Waals surface area contributed by atoms with Crippen molar-refractivity contribution in [2.75, 3.05) is 0 Å². The van der Waals surface area contributed by atoms with Gasteiger partial charge < -0.3 is 0 Å². The maximum absolute atomic E-state index is 3.75. The van der Waals surface area contributed by atoms with Crippen LogP contribution in [0.25, 0.3) is 0 Å². The van der Waals surface area contributed by atoms with Crippen LogP contribution in [-0.2, 0) is 0 Å². The first-order valence-electron chi connectivity index (χ1n) is 4.29. The van der Waals surface area contributed by atoms with Gasteiger partial charge in [0.1, 0.15) is 0 Å². The first kappa shape index (κ1) is 6.90. The van der Waals surface area contributed by atoms with Crippen molar-refractivity contribution in [3.05, 3.63) is 47.5 Å². The van der Waals surface area contributed by atoms with Gasteiger partial charge in [-0.1, -0.05) is 52.3 Å². The minimum absolute atomic E-state index is 0.620. The lowest BCUT2D eigenvalue weighted by Gasteiger charge is -2.07. The lowest BCUT2D eigenvalue weighted by molar-refractivity contribution is 0.842. The monoisotopic (exact) mass is 220 g/mol. The number of hydrogen-bond donors (Lipinski definition) is 0. The molecule has 3 atom stereocenters. The summed E-state index contributed by atoms with van der Waals surface area (Å²) in [7, 11) is 0. The quantitative estimate of drug-likeness (QED) is 0.466. The van der Waals surface area contributed by atoms with Crippen molar-refractivity contribution in [2.45, 2.75) is 16.7 Å². The molecule has 0 nitrogen and oxygen atoms in total. The molecule has 0 heterocycles. The van der Waals surface area contributed by atoms with Crippen LogP contribution in [0.15, 0.2) is 36.4 Å². The highest BCUT2D eigenvalue weighted by atomic mass is 79.9. The first-order chi connectivity index (χ1) is 5.88. The molecule has 3 rings (SSSR count). The van der Waals surface area contributed by atoms with Crippen molar-refractivity contribution in [1.29, 1.82) is 0 Å². The van der Waals surface area contributed by atoms with Gasteiger partial charge in [0.2, 0.25) is 0 Å². The van der Waals surface area contributed by atoms with Crippen molar-refractivity contribution >= 4 is 15.9 Å². The Kier molecular flexibility index (Phi) is 1.28. The van der Waals surface area contributed by atoms with E-state index in [0.717, 1.165) is 0 Å². The van der Waals surface area contributed by atoms with Gasteiger partial charge >= 0.3 is 0 Å². The van der Waals surface area contributed by atoms with E-state index < -0.39 is 0 Å². The van der Waals surface area contributed by atoms with Gasteiger partial charge in [-0.25, -0.2) is 0 Å². The molecule has 0 radical (unpaired) electrons. The van der Waals surface area contributed by atoms with E-state index in [1.54, 1.807) is 0 Å². The fourth-order valence-corrected chi connectivity index (χ4v) is 3.27. The Labute approximate surface area is 80.4 Å². The van der Waals surface area contributed by atoms with Crippen LogP contribution in [0.1, 0.15) is 23.0 Å². The summed E-state index contributed by atoms with van der Waals surface area (Å²) in [6, 6.07) is 8.76. The van der Waals surface area contributed by atoms with Gasteiger partial charge in [0.05, 0.1) is 0 Å². The number of hydrogen-bond acceptors (Lipinski definition) is 0. The van der Waals surface area contributed by atoms with Crippen LogP contribution in [0, 0.1) is 0 Å². The summed E-state index contributed by atoms with van der Waals surface area (Å²) in [5.74, 6) is 1.26. The van der Waals surface area contributed by atoms with Gasteiger partial charge in [-0.05, 0) is 11.1 Å². The van der Waals surface area contributed by atoms with E-state index in [9.17, 15) is 0 Å². The zero-order valence-electron chi connectivity index (χ0n) is 6.57. The van der Waals surface area contributed by atoms with E-state index in [1.807, 2.05) is 0 Å². The van der Waals surface area contributed by atoms with Gasteiger partial charge in [0.25, 0.3) is 0 Å². The average Bonchev–Trinajstić information content (AvgIpc) is 2.61. The van der Waals surface area contributed by atoms with Crippen molar-refractivity contribution in [3.63, 3.8) is 0 Å². The molecule has 0 fully saturated rings. The third kappa shape index (κ3) is 0.680. The van der Waals surface area contributed by atoms with Crippen LogP contribution in [-0.4, -0.2) is 4.83 Å². The molecular weight excluding hydrogens is 212 g/mol. The fourth-order valence-electron chi connectivity index (χ4n) is 2.34. The second-order valence-corrected chi connectivity index (χ2v) is 4.57. The zero-order valence-corrected chi connectivity index (χ0v) is 8.16. The zero-order chi connectivity index (χ0) is 8.13. The predicted molar refractivity (Wildman–Crippen MR) is 53.8 cm³/mol. The van der Waals surface area contributed by atoms with E-state index in [0.29, 0.717) is 16.7 Å². The van der Waals surface area contributed by atoms with E-state index in [-0.39, 0.29) is 0 Å². The lowest BCUT2D eigenvalue weighted by Crippen LogP contribution is -2.00. The van der Waals surface area contributed by atoms with Crippen LogP contribution in [0.4, 0.5) is 0 Å². The largest absolute Gasteiger partial charge is 0.0871 e. The number of benzene rings is 1. The Bertz CT molecular complexity index is 321. The minimum atomic E-state index is 0.620. The van der Waals surface area contributed by atoms with Crippen molar-refractivity contribution in [3.8, 4) is 0 Å². The number of fused-ring (bicyclic) bond motifs is 5. The molecule has 0 spiro atoms. The highest BCUT2D eigenvalue weighted by Crippen LogP contribution is 2.51. The topological polar surface area (TPSA) is 0 Å². The molecule has 1 heteroatoms. The molecular formula is C11H9Br. The maximum atomic E-state index is 3.75. The fraction of sp³-hybridized carbons (Fsp3) is 0.273. The maximum Gasteiger partial charge on any atom is 0.0352 e. The number of rotatable bonds is 0. The molecule has 12 heavy (non-hydrogen) atoms. The van der Waals surface area contributed by atoms with Crippen LogP contribution in [0.2, 0.25) is 0 Å². The summed E-state index contributed by atoms with van der Waals surface area (Å²) in [4.78, 5) is 0.620. The molecule has 0 saturated carbocycles. The molecule has 2 aliphatic carbocycles. The second-order valence-electron chi connectivity index (χ2n) is 3.51. The van der Waals surface area contributed by atoms with E-state index in [4.69, 9.17) is 0 Å². The van der Waals surface area contributed by atoms with Crippen molar-refractivity contribution < 1.29 is 0 Å². The van der Waals surface area contributed by atoms with Crippen LogP contribution < -0.4 is 0 Å². The molecule has 0 N–H and O–H groups in total. The third-order valence-corrected chi connectivity index (χ3v) is 4.07. The Morgan fingerprint density at radius 3 is 1.92 bits per heavy atom. The highest BCUT2D eigenvalue weighted by Gasteiger charge is 2.39. The van der Waals surface area contributed by atoms with Crippen LogP contribution in [0.3, 0.4) is 0 Å². The third-order valence-electron chi connectivity index (χ3n) is 2.93. The van der Waals surface area contributed by atoms with Gasteiger partial charge in [-0.2, -0.15) is 0 Å². The van der Waals surface area contributed by atoms with E-state index in [2.05, 4.69) is 52.3 Å². The summed E-state index contributed by atoms with van der Waals surface area (Å²) in [5, 5.41) is 0. The normalized spacial score (nSPS) is 35.6. The van der Waals surface area contributed by atoms with Gasteiger partial charge in [0.15, 0.2) is 0 Å². The molecule has 0 aromatic heterocycles. The lowest BCUT2D eigenvalue weighted by atomic mass is 9.97. The smallest absolute Gasteiger partial charge is 0.0352 e. The van der Waals surface area contributed by atoms with Crippen LogP contribution in [0.5, 0.6) is 0 Å². The first-order valence-corrected chi connectivity index (χ1v) is 5.21. The molecule has 0 aliphatic heterocycles. The summed E-state index contributed by atoms with van der Waals surface area (Å²) >= 11 is 3.75. The molecule has 0 amide bonds. The van der Waals surface area contributed by atoms with Gasteiger partial charge in [-0.3, -0.25) is 0 Å². The Morgan fingerprint density at radius 2 is 1.42 bits per heavy atom. The van der Waals surface area contributed by atoms with Gasteiger partial charge in [0, 0.05) is 16.7 Å². The number of allylic oxidation sites excluding steroid dienone is 2. The average molecular weight is 221 g/mol. The SMILES string of the molecule is BrC1[C@@H]2C=C[C@H]1c1ccccc12. The van der Waals surface area contributed by atoms with Crippen LogP contribution >= 0.6 is 15.9 Å². The Morgan fingerprint density at radius 1 is 0.917 bits per heavy atom. The molecule has 1 aromatic carbocycles. The number of halogens is 1. The summed E-state index contributed by atoms with van der Waals surface area (Å²) in [5.41, 5.74) is 3.04. The summed E-state index contributed by atoms with van der Waals surface area (Å²) in [6.45, 7) is 0. The standard InChI is InChI=1S/C11H9Br/c12-11-9-5-6-10(11)8-4-2-1-3-7(8)9/h1-6,9-11H/t9-,10+,11?. The molecule has 0 saturated heterocycles. The summed E-state index contributed by atoms with van der Waals surface area (Å²) < 4.78 is 0. The molecule has 1 unspecified atom stereocenters. The molecule has 2 aliphatic rings. The van der Waals surface area contributed by atoms with E-state index >= 15 is 0 Å². The Hall–Kier alpha value is -0.560. The number of alkyl halides is 1. The minimum Gasteiger partial charge on any atom is -0.0871 e. The predicted octanol–water partition coefficient (Wildman–Crippen LogP) is 3.20. The molecule has 2 bridgehead atoms. The van der Waals surface area contributed by atoms with Crippen molar-refractivity contribution in [2.24, 2.45) is 0 Å². The van der Waals surface area contributed by atoms with Gasteiger partial charge in [-0.15, -0.1) is 0 Å². The second kappa shape index (κ2) is 2.23. The summed E-state index contributed by atoms with van der Waals surface area (Å²) in [6.07, 6.45) is 4.65. The molecule has 60 valence electrons. The van der Waals surface area contributed by atoms with Crippen molar-refractivity contribution in [1.82, 2.24) is 0 Å². The molecule has 1 aromatic rings. The Balaban J connectivity index is 2.25. The highest BCUT2D eigenvalue weighted by molar-refractivity contribution is 9.09. The van der Waals surface area contributed by atoms with E-state index in [1.165, 1.54) is 11.1 Å².